The van der Waals surface area contributed by atoms with Crippen LogP contribution in [-0.4, -0.2) is 35.5 Å². The first kappa shape index (κ1) is 37.4. The molecule has 0 saturated heterocycles. The van der Waals surface area contributed by atoms with Crippen LogP contribution in [0.2, 0.25) is 0 Å². The zero-order valence-corrected chi connectivity index (χ0v) is 24.1. The minimum Gasteiger partial charge on any atom is -0.486 e. The highest BCUT2D eigenvalue weighted by Gasteiger charge is 2.05. The lowest BCUT2D eigenvalue weighted by Crippen LogP contribution is -2.29. The number of hydrogen-bond donors (Lipinski definition) is 2. The van der Waals surface area contributed by atoms with Gasteiger partial charge in [-0.2, -0.15) is 0 Å². The lowest BCUT2D eigenvalue weighted by Gasteiger charge is -2.11. The molecule has 0 aliphatic heterocycles. The van der Waals surface area contributed by atoms with E-state index in [4.69, 9.17) is 21.4 Å². The van der Waals surface area contributed by atoms with Crippen molar-refractivity contribution in [2.24, 2.45) is 0 Å². The van der Waals surface area contributed by atoms with Gasteiger partial charge >= 0.3 is 0 Å². The van der Waals surface area contributed by atoms with Crippen LogP contribution in [-0.2, 0) is 14.3 Å². The fourth-order valence-corrected chi connectivity index (χ4v) is 2.37. The summed E-state index contributed by atoms with van der Waals surface area (Å²) in [4.78, 5) is 20.8. The van der Waals surface area contributed by atoms with E-state index >= 15 is 0 Å². The summed E-state index contributed by atoms with van der Waals surface area (Å²) in [6.07, 6.45) is 16.9. The Kier molecular flexibility index (Phi) is 28.3. The molecular weight excluding hydrogens is 462 g/mol. The van der Waals surface area contributed by atoms with Gasteiger partial charge < -0.3 is 15.2 Å². The second-order valence-corrected chi connectivity index (χ2v) is 8.33. The molecule has 2 unspecified atom stereocenters. The first-order chi connectivity index (χ1) is 16.5. The third kappa shape index (κ3) is 29.9. The topological polar surface area (TPSA) is 75.6 Å². The molecule has 6 heteroatoms. The molecule has 0 heterocycles. The summed E-state index contributed by atoms with van der Waals surface area (Å²) in [5.41, 5.74) is 1.16. The standard InChI is InChI=1S/C12H19Cl.C9H12O3.C6H13NO.C2H6/c1-4-6-7-8-11(3)9-10-12(13)5-2;1-7(10)6-12-9-4-2-8(11)3-5-9;1-4-5(2)7-6(3)8;1-2/h5,9-10H,3-4,6-8H2,1-2H3;2,4-5,8,11H,3,6H2,1H3;5H,4H2,1-3H3,(H,7,8);1-2H3/b10-9-,12-5+;;;. The number of allylic oxidation sites excluding steroid dienone is 6. The second-order valence-electron chi connectivity index (χ2n) is 7.89. The number of ketones is 1. The van der Waals surface area contributed by atoms with Crippen LogP contribution in [0.3, 0.4) is 0 Å². The van der Waals surface area contributed by atoms with Crippen molar-refractivity contribution >= 4 is 23.3 Å². The van der Waals surface area contributed by atoms with Crippen LogP contribution in [0, 0.1) is 0 Å². The molecule has 2 N–H and O–H groups in total. The van der Waals surface area contributed by atoms with E-state index in [0.717, 1.165) is 23.4 Å². The van der Waals surface area contributed by atoms with Crippen molar-refractivity contribution in [2.75, 3.05) is 6.61 Å². The smallest absolute Gasteiger partial charge is 0.217 e. The minimum absolute atomic E-state index is 0.00424. The van der Waals surface area contributed by atoms with E-state index in [1.54, 1.807) is 18.2 Å². The maximum absolute atomic E-state index is 10.5. The highest BCUT2D eigenvalue weighted by Crippen LogP contribution is 2.11. The number of nitrogens with one attached hydrogen (secondary N) is 1. The van der Waals surface area contributed by atoms with E-state index in [9.17, 15) is 9.59 Å². The number of carbonyl (C=O) groups is 2. The van der Waals surface area contributed by atoms with E-state index in [0.29, 0.717) is 18.2 Å². The minimum atomic E-state index is -0.408. The van der Waals surface area contributed by atoms with Gasteiger partial charge in [0.25, 0.3) is 0 Å². The molecule has 0 spiro atoms. The highest BCUT2D eigenvalue weighted by atomic mass is 35.5. The molecule has 1 rings (SSSR count). The average Bonchev–Trinajstić information content (AvgIpc) is 2.84. The summed E-state index contributed by atoms with van der Waals surface area (Å²) in [5, 5.41) is 12.6. The Hall–Kier alpha value is -2.11. The third-order valence-corrected chi connectivity index (χ3v) is 4.75. The van der Waals surface area contributed by atoms with Crippen molar-refractivity contribution in [3.8, 4) is 0 Å². The van der Waals surface area contributed by atoms with Crippen LogP contribution in [0.25, 0.3) is 0 Å². The lowest BCUT2D eigenvalue weighted by molar-refractivity contribution is -0.120. The number of ether oxygens (including phenoxy) is 1. The average molecular weight is 512 g/mol. The third-order valence-electron chi connectivity index (χ3n) is 4.40. The maximum atomic E-state index is 10.5. The van der Waals surface area contributed by atoms with Crippen LogP contribution < -0.4 is 5.32 Å². The number of rotatable bonds is 11. The molecule has 0 saturated carbocycles. The lowest BCUT2D eigenvalue weighted by atomic mass is 10.1. The summed E-state index contributed by atoms with van der Waals surface area (Å²) in [7, 11) is 0. The Balaban J connectivity index is -0.000000434. The van der Waals surface area contributed by atoms with E-state index in [2.05, 4.69) is 18.8 Å². The van der Waals surface area contributed by atoms with Gasteiger partial charge in [0.15, 0.2) is 5.78 Å². The number of halogens is 1. The second kappa shape index (κ2) is 26.5. The maximum Gasteiger partial charge on any atom is 0.217 e. The SMILES string of the molecule is C=C(/C=C\C(Cl)=C/C)CCCCC.CC.CC(=O)COC1=CCC(O)C=C1.CCC(C)NC(C)=O. The number of aliphatic hydroxyl groups excluding tert-OH is 1. The quantitative estimate of drug-likeness (QED) is 0.221. The van der Waals surface area contributed by atoms with Crippen LogP contribution in [0.1, 0.15) is 93.9 Å². The molecule has 0 aromatic carbocycles. The Bertz CT molecular complexity index is 693. The van der Waals surface area contributed by atoms with Crippen LogP contribution >= 0.6 is 11.6 Å². The van der Waals surface area contributed by atoms with E-state index in [1.165, 1.54) is 33.1 Å². The van der Waals surface area contributed by atoms with Crippen molar-refractivity contribution in [3.63, 3.8) is 0 Å². The molecule has 2 atom stereocenters. The first-order valence-electron chi connectivity index (χ1n) is 12.7. The molecule has 0 fully saturated rings. The first-order valence-corrected chi connectivity index (χ1v) is 13.1. The van der Waals surface area contributed by atoms with Gasteiger partial charge in [0, 0.05) is 18.0 Å². The number of hydrogen-bond acceptors (Lipinski definition) is 4. The Labute approximate surface area is 220 Å². The molecule has 0 aromatic heterocycles. The van der Waals surface area contributed by atoms with E-state index in [-0.39, 0.29) is 18.3 Å². The monoisotopic (exact) mass is 511 g/mol. The fourth-order valence-electron chi connectivity index (χ4n) is 2.31. The number of aliphatic hydroxyl groups is 1. The summed E-state index contributed by atoms with van der Waals surface area (Å²) >= 11 is 5.80. The van der Waals surface area contributed by atoms with Crippen LogP contribution in [0.4, 0.5) is 0 Å². The van der Waals surface area contributed by atoms with Gasteiger partial charge in [-0.25, -0.2) is 0 Å². The van der Waals surface area contributed by atoms with Crippen molar-refractivity contribution in [1.29, 1.82) is 0 Å². The van der Waals surface area contributed by atoms with Gasteiger partial charge in [-0.15, -0.1) is 0 Å². The normalized spacial score (nSPS) is 15.2. The molecule has 1 aliphatic carbocycles. The van der Waals surface area contributed by atoms with Crippen molar-refractivity contribution < 1.29 is 19.4 Å². The van der Waals surface area contributed by atoms with Crippen LogP contribution in [0.15, 0.2) is 59.4 Å². The number of unbranched alkanes of at least 4 members (excludes halogenated alkanes) is 2. The summed E-state index contributed by atoms with van der Waals surface area (Å²) in [6.45, 7) is 19.2. The summed E-state index contributed by atoms with van der Waals surface area (Å²) < 4.78 is 5.11. The molecule has 1 amide bonds. The van der Waals surface area contributed by atoms with Gasteiger partial charge in [-0.1, -0.05) is 82.5 Å². The van der Waals surface area contributed by atoms with Crippen molar-refractivity contribution in [2.45, 2.75) is 106 Å². The number of amides is 1. The highest BCUT2D eigenvalue weighted by molar-refractivity contribution is 6.31. The van der Waals surface area contributed by atoms with E-state index < -0.39 is 6.10 Å². The molecule has 35 heavy (non-hydrogen) atoms. The Morgan fingerprint density at radius 2 is 1.89 bits per heavy atom. The Morgan fingerprint density at radius 1 is 1.26 bits per heavy atom. The van der Waals surface area contributed by atoms with Crippen LogP contribution in [0.5, 0.6) is 0 Å². The zero-order chi connectivity index (χ0) is 27.6. The molecule has 0 bridgehead atoms. The van der Waals surface area contributed by atoms with Crippen molar-refractivity contribution in [1.82, 2.24) is 5.32 Å². The molecule has 5 nitrogen and oxygen atoms in total. The summed E-state index contributed by atoms with van der Waals surface area (Å²) in [6, 6.07) is 0.326. The molecular formula is C29H50ClNO4. The molecule has 202 valence electrons. The van der Waals surface area contributed by atoms with Gasteiger partial charge in [0.2, 0.25) is 5.91 Å². The molecule has 0 aromatic rings. The van der Waals surface area contributed by atoms with Gasteiger partial charge in [-0.05, 0) is 64.7 Å². The van der Waals surface area contributed by atoms with Crippen molar-refractivity contribution in [3.05, 3.63) is 59.4 Å². The Morgan fingerprint density at radius 3 is 2.29 bits per heavy atom. The zero-order valence-electron chi connectivity index (χ0n) is 23.3. The molecule has 0 radical (unpaired) electrons. The molecule has 1 aliphatic rings. The van der Waals surface area contributed by atoms with Gasteiger partial charge in [0.1, 0.15) is 12.4 Å². The van der Waals surface area contributed by atoms with E-state index in [1.807, 2.05) is 52.8 Å². The predicted octanol–water partition coefficient (Wildman–Crippen LogP) is 7.57. The summed E-state index contributed by atoms with van der Waals surface area (Å²) in [5.74, 6) is 0.713. The predicted molar refractivity (Wildman–Crippen MR) is 151 cm³/mol. The largest absolute Gasteiger partial charge is 0.486 e. The van der Waals surface area contributed by atoms with Gasteiger partial charge in [0.05, 0.1) is 6.10 Å². The number of carbonyl (C=O) groups excluding carboxylic acids is 2. The fraction of sp³-hybridized carbons (Fsp3) is 0.586. The number of Topliss-reactive ketones (excluding diaryl/α,β-unsaturated/α-hetero) is 1. The van der Waals surface area contributed by atoms with Gasteiger partial charge in [-0.3, -0.25) is 9.59 Å².